The molecule has 1 saturated heterocycles. The van der Waals surface area contributed by atoms with Crippen LogP contribution in [-0.4, -0.2) is 62.4 Å². The number of nitrogens with two attached hydrogens (primary N) is 1. The van der Waals surface area contributed by atoms with Crippen molar-refractivity contribution in [2.24, 2.45) is 0 Å². The highest BCUT2D eigenvalue weighted by Crippen LogP contribution is 2.40. The van der Waals surface area contributed by atoms with E-state index in [4.69, 9.17) is 11.0 Å². The maximum Gasteiger partial charge on any atom is 0.131 e. The van der Waals surface area contributed by atoms with E-state index in [2.05, 4.69) is 28.2 Å². The van der Waals surface area contributed by atoms with Crippen LogP contribution in [-0.2, 0) is 0 Å². The van der Waals surface area contributed by atoms with Gasteiger partial charge in [-0.05, 0) is 13.3 Å². The van der Waals surface area contributed by atoms with Gasteiger partial charge in [0, 0.05) is 39.3 Å². The van der Waals surface area contributed by atoms with Gasteiger partial charge in [0.05, 0.1) is 10.6 Å². The molecular formula is C13H21N5S2. The van der Waals surface area contributed by atoms with Gasteiger partial charge in [0.2, 0.25) is 0 Å². The second-order valence-electron chi connectivity index (χ2n) is 4.89. The Hall–Kier alpha value is -0.940. The van der Waals surface area contributed by atoms with Gasteiger partial charge >= 0.3 is 0 Å². The lowest BCUT2D eigenvalue weighted by molar-refractivity contribution is 0.158. The van der Waals surface area contributed by atoms with E-state index in [9.17, 15) is 0 Å². The van der Waals surface area contributed by atoms with Gasteiger partial charge in [-0.25, -0.2) is 0 Å². The molecule has 1 aromatic rings. The summed E-state index contributed by atoms with van der Waals surface area (Å²) in [7, 11) is 2.16. The third-order valence-corrected chi connectivity index (χ3v) is 5.54. The van der Waals surface area contributed by atoms with Crippen LogP contribution in [0.15, 0.2) is 4.90 Å². The minimum Gasteiger partial charge on any atom is -0.396 e. The van der Waals surface area contributed by atoms with Crippen molar-refractivity contribution in [2.75, 3.05) is 63.6 Å². The molecule has 1 aliphatic rings. The zero-order chi connectivity index (χ0) is 14.5. The number of anilines is 2. The third kappa shape index (κ3) is 3.58. The summed E-state index contributed by atoms with van der Waals surface area (Å²) in [5, 5.41) is 13.5. The minimum atomic E-state index is 0.608. The van der Waals surface area contributed by atoms with E-state index in [1.165, 1.54) is 11.3 Å². The van der Waals surface area contributed by atoms with E-state index in [0.29, 0.717) is 10.6 Å². The van der Waals surface area contributed by atoms with Gasteiger partial charge in [-0.2, -0.15) is 5.26 Å². The van der Waals surface area contributed by atoms with Crippen LogP contribution in [0.4, 0.5) is 10.7 Å². The molecule has 1 fully saturated rings. The zero-order valence-corrected chi connectivity index (χ0v) is 13.6. The van der Waals surface area contributed by atoms with E-state index >= 15 is 0 Å². The van der Waals surface area contributed by atoms with Crippen molar-refractivity contribution in [1.82, 2.24) is 9.80 Å². The Morgan fingerprint density at radius 3 is 2.70 bits per heavy atom. The smallest absolute Gasteiger partial charge is 0.131 e. The maximum atomic E-state index is 9.04. The largest absolute Gasteiger partial charge is 0.396 e. The molecule has 0 bridgehead atoms. The van der Waals surface area contributed by atoms with Crippen LogP contribution in [0.3, 0.4) is 0 Å². The number of nitrogens with one attached hydrogen (secondary N) is 1. The Bertz CT molecular complexity index is 486. The fourth-order valence-electron chi connectivity index (χ4n) is 2.23. The minimum absolute atomic E-state index is 0.608. The van der Waals surface area contributed by atoms with Crippen molar-refractivity contribution in [3.05, 3.63) is 4.88 Å². The average molecular weight is 311 g/mol. The van der Waals surface area contributed by atoms with Crippen LogP contribution in [0.5, 0.6) is 0 Å². The lowest BCUT2D eigenvalue weighted by atomic mass is 10.3. The second-order valence-corrected chi connectivity index (χ2v) is 6.73. The molecule has 110 valence electrons. The van der Waals surface area contributed by atoms with Crippen molar-refractivity contribution in [2.45, 2.75) is 4.90 Å². The van der Waals surface area contributed by atoms with Gasteiger partial charge in [0.1, 0.15) is 15.9 Å². The van der Waals surface area contributed by atoms with Crippen LogP contribution < -0.4 is 11.1 Å². The SMILES string of the molecule is CSc1c(NCCN2CCN(C)CC2)sc(C#N)c1N. The molecule has 20 heavy (non-hydrogen) atoms. The Balaban J connectivity index is 1.87. The highest BCUT2D eigenvalue weighted by atomic mass is 32.2. The molecule has 2 heterocycles. The number of hydrogen-bond donors (Lipinski definition) is 2. The van der Waals surface area contributed by atoms with E-state index in [0.717, 1.165) is 49.2 Å². The number of piperazine rings is 1. The molecule has 0 unspecified atom stereocenters. The van der Waals surface area contributed by atoms with Gasteiger partial charge in [0.15, 0.2) is 0 Å². The molecule has 0 aliphatic carbocycles. The molecule has 7 heteroatoms. The normalized spacial score (nSPS) is 17.1. The first-order valence-electron chi connectivity index (χ1n) is 6.66. The predicted octanol–water partition coefficient (Wildman–Crippen LogP) is 1.58. The fraction of sp³-hybridized carbons (Fsp3) is 0.615. The number of nitriles is 1. The van der Waals surface area contributed by atoms with Crippen molar-refractivity contribution in [3.8, 4) is 6.07 Å². The first kappa shape index (κ1) is 15.4. The topological polar surface area (TPSA) is 68.3 Å². The summed E-state index contributed by atoms with van der Waals surface area (Å²) in [6.45, 7) is 6.46. The second kappa shape index (κ2) is 7.18. The summed E-state index contributed by atoms with van der Waals surface area (Å²) < 4.78 is 0. The number of nitrogens with zero attached hydrogens (tertiary/aromatic N) is 3. The lowest BCUT2D eigenvalue weighted by Gasteiger charge is -2.32. The number of thiophene rings is 1. The van der Waals surface area contributed by atoms with E-state index < -0.39 is 0 Å². The molecule has 0 amide bonds. The summed E-state index contributed by atoms with van der Waals surface area (Å²) in [5.41, 5.74) is 6.58. The third-order valence-electron chi connectivity index (χ3n) is 3.51. The molecular weight excluding hydrogens is 290 g/mol. The molecule has 1 aliphatic heterocycles. The number of thioether (sulfide) groups is 1. The predicted molar refractivity (Wildman–Crippen MR) is 87.7 cm³/mol. The molecule has 0 aromatic carbocycles. The molecule has 3 N–H and O–H groups in total. The highest BCUT2D eigenvalue weighted by Gasteiger charge is 2.16. The molecule has 0 atom stereocenters. The number of hydrogen-bond acceptors (Lipinski definition) is 7. The molecule has 0 spiro atoms. The van der Waals surface area contributed by atoms with Crippen molar-refractivity contribution < 1.29 is 0 Å². The van der Waals surface area contributed by atoms with Crippen molar-refractivity contribution in [1.29, 1.82) is 5.26 Å². The number of rotatable bonds is 5. The quantitative estimate of drug-likeness (QED) is 0.805. The molecule has 0 saturated carbocycles. The Morgan fingerprint density at radius 1 is 1.40 bits per heavy atom. The first-order valence-corrected chi connectivity index (χ1v) is 8.71. The summed E-state index contributed by atoms with van der Waals surface area (Å²) in [6.07, 6.45) is 1.99. The number of nitrogen functional groups attached to an aromatic ring is 1. The van der Waals surface area contributed by atoms with Crippen LogP contribution in [0, 0.1) is 11.3 Å². The van der Waals surface area contributed by atoms with Gasteiger partial charge in [-0.1, -0.05) is 0 Å². The van der Waals surface area contributed by atoms with Crippen LogP contribution in [0.25, 0.3) is 0 Å². The standard InChI is InChI=1S/C13H21N5S2/c1-17-5-7-18(8-6-17)4-3-16-13-12(19-2)11(15)10(9-14)20-13/h16H,3-8,15H2,1-2H3. The van der Waals surface area contributed by atoms with Gasteiger partial charge in [-0.3, -0.25) is 4.90 Å². The van der Waals surface area contributed by atoms with E-state index in [-0.39, 0.29) is 0 Å². The summed E-state index contributed by atoms with van der Waals surface area (Å²) in [4.78, 5) is 6.43. The Kier molecular flexibility index (Phi) is 5.54. The fourth-order valence-corrected chi connectivity index (χ4v) is 4.09. The highest BCUT2D eigenvalue weighted by molar-refractivity contribution is 7.99. The lowest BCUT2D eigenvalue weighted by Crippen LogP contribution is -2.45. The summed E-state index contributed by atoms with van der Waals surface area (Å²) in [6, 6.07) is 2.16. The summed E-state index contributed by atoms with van der Waals surface area (Å²) in [5.74, 6) is 0. The van der Waals surface area contributed by atoms with E-state index in [1.807, 2.05) is 6.26 Å². The monoisotopic (exact) mass is 311 g/mol. The van der Waals surface area contributed by atoms with Crippen LogP contribution in [0.1, 0.15) is 4.88 Å². The zero-order valence-electron chi connectivity index (χ0n) is 12.0. The van der Waals surface area contributed by atoms with Gasteiger partial charge in [0.25, 0.3) is 0 Å². The van der Waals surface area contributed by atoms with Crippen molar-refractivity contribution in [3.63, 3.8) is 0 Å². The van der Waals surface area contributed by atoms with Crippen molar-refractivity contribution >= 4 is 33.8 Å². The Labute approximate surface area is 128 Å². The molecule has 5 nitrogen and oxygen atoms in total. The van der Waals surface area contributed by atoms with Crippen LogP contribution in [0.2, 0.25) is 0 Å². The van der Waals surface area contributed by atoms with Gasteiger partial charge in [-0.15, -0.1) is 23.1 Å². The number of likely N-dealkylation sites (N-methyl/N-ethyl adjacent to an activating group) is 1. The van der Waals surface area contributed by atoms with E-state index in [1.54, 1.807) is 11.8 Å². The summed E-state index contributed by atoms with van der Waals surface area (Å²) >= 11 is 3.05. The molecule has 2 rings (SSSR count). The Morgan fingerprint density at radius 2 is 2.10 bits per heavy atom. The molecule has 1 aromatic heterocycles. The van der Waals surface area contributed by atoms with Gasteiger partial charge < -0.3 is 16.0 Å². The maximum absolute atomic E-state index is 9.04. The average Bonchev–Trinajstić information content (AvgIpc) is 2.76. The molecule has 0 radical (unpaired) electrons. The first-order chi connectivity index (χ1) is 9.65. The van der Waals surface area contributed by atoms with Crippen LogP contribution >= 0.6 is 23.1 Å².